The molecule has 6 nitrogen and oxygen atoms in total. The number of halogens is 1. The molecule has 0 spiro atoms. The molecule has 1 saturated heterocycles. The molecular weight excluding hydrogens is 291 g/mol. The number of benzene rings is 1. The molecule has 2 N–H and O–H groups in total. The molecule has 7 heteroatoms. The van der Waals surface area contributed by atoms with E-state index in [4.69, 9.17) is 5.11 Å². The van der Waals surface area contributed by atoms with Gasteiger partial charge in [0.05, 0.1) is 12.0 Å². The van der Waals surface area contributed by atoms with Crippen LogP contribution in [0.4, 0.5) is 4.39 Å². The van der Waals surface area contributed by atoms with E-state index in [9.17, 15) is 18.8 Å². The summed E-state index contributed by atoms with van der Waals surface area (Å²) >= 11 is 0. The first-order valence-electron chi connectivity index (χ1n) is 6.85. The number of carboxylic acids is 1. The topological polar surface area (TPSA) is 86.7 Å². The van der Waals surface area contributed by atoms with Gasteiger partial charge in [0, 0.05) is 13.5 Å². The van der Waals surface area contributed by atoms with Crippen molar-refractivity contribution in [2.24, 2.45) is 5.92 Å². The van der Waals surface area contributed by atoms with Crippen LogP contribution in [0.2, 0.25) is 0 Å². The van der Waals surface area contributed by atoms with Gasteiger partial charge in [0.25, 0.3) is 0 Å². The standard InChI is InChI=1S/C15H17FN2O4/c1-8(15(21)22)17-14(20)11-7-12(19)18(2)13(11)9-3-5-10(16)6-4-9/h3-6,8,11,13H,7H2,1-2H3,(H,17,20)(H,21,22). The van der Waals surface area contributed by atoms with Gasteiger partial charge in [0.2, 0.25) is 11.8 Å². The normalized spacial score (nSPS) is 22.5. The van der Waals surface area contributed by atoms with Gasteiger partial charge in [-0.3, -0.25) is 14.4 Å². The first-order valence-corrected chi connectivity index (χ1v) is 6.85. The van der Waals surface area contributed by atoms with Gasteiger partial charge in [-0.15, -0.1) is 0 Å². The molecule has 118 valence electrons. The lowest BCUT2D eigenvalue weighted by Gasteiger charge is -2.25. The maximum absolute atomic E-state index is 13.0. The van der Waals surface area contributed by atoms with Crippen molar-refractivity contribution >= 4 is 17.8 Å². The largest absolute Gasteiger partial charge is 0.480 e. The third kappa shape index (κ3) is 3.08. The van der Waals surface area contributed by atoms with Crippen LogP contribution in [0.1, 0.15) is 24.9 Å². The number of hydrogen-bond acceptors (Lipinski definition) is 3. The van der Waals surface area contributed by atoms with E-state index in [1.165, 1.54) is 36.1 Å². The van der Waals surface area contributed by atoms with Crippen molar-refractivity contribution in [3.63, 3.8) is 0 Å². The Bertz CT molecular complexity index is 602. The molecular formula is C15H17FN2O4. The van der Waals surface area contributed by atoms with Crippen molar-refractivity contribution in [2.45, 2.75) is 25.4 Å². The zero-order valence-corrected chi connectivity index (χ0v) is 12.2. The highest BCUT2D eigenvalue weighted by Crippen LogP contribution is 2.37. The van der Waals surface area contributed by atoms with Crippen LogP contribution >= 0.6 is 0 Å². The van der Waals surface area contributed by atoms with Crippen LogP contribution in [0.25, 0.3) is 0 Å². The van der Waals surface area contributed by atoms with Crippen LogP contribution in [0.5, 0.6) is 0 Å². The maximum Gasteiger partial charge on any atom is 0.325 e. The molecule has 0 aliphatic carbocycles. The van der Waals surface area contributed by atoms with E-state index in [1.807, 2.05) is 0 Å². The number of amides is 2. The second-order valence-corrected chi connectivity index (χ2v) is 5.38. The summed E-state index contributed by atoms with van der Waals surface area (Å²) in [6, 6.07) is 4.00. The molecule has 2 rings (SSSR count). The summed E-state index contributed by atoms with van der Waals surface area (Å²) in [4.78, 5) is 36.5. The van der Waals surface area contributed by atoms with Gasteiger partial charge in [-0.05, 0) is 24.6 Å². The molecule has 2 amide bonds. The first-order chi connectivity index (χ1) is 10.3. The smallest absolute Gasteiger partial charge is 0.325 e. The fraction of sp³-hybridized carbons (Fsp3) is 0.400. The third-order valence-electron chi connectivity index (χ3n) is 3.86. The SMILES string of the molecule is CC(NC(=O)C1CC(=O)N(C)C1c1ccc(F)cc1)C(=O)O. The molecule has 1 aromatic carbocycles. The van der Waals surface area contributed by atoms with Crippen LogP contribution in [0.15, 0.2) is 24.3 Å². The third-order valence-corrected chi connectivity index (χ3v) is 3.86. The van der Waals surface area contributed by atoms with Gasteiger partial charge in [0.15, 0.2) is 0 Å². The molecule has 22 heavy (non-hydrogen) atoms. The number of carbonyl (C=O) groups is 3. The summed E-state index contributed by atoms with van der Waals surface area (Å²) < 4.78 is 13.0. The minimum absolute atomic E-state index is 0.00326. The van der Waals surface area contributed by atoms with Gasteiger partial charge in [0.1, 0.15) is 11.9 Å². The molecule has 1 heterocycles. The predicted octanol–water partition coefficient (Wildman–Crippen LogP) is 0.934. The van der Waals surface area contributed by atoms with E-state index < -0.39 is 35.7 Å². The fourth-order valence-electron chi connectivity index (χ4n) is 2.60. The predicted molar refractivity (Wildman–Crippen MR) is 75.3 cm³/mol. The molecule has 0 aromatic heterocycles. The number of carbonyl (C=O) groups excluding carboxylic acids is 2. The summed E-state index contributed by atoms with van der Waals surface area (Å²) in [7, 11) is 1.57. The molecule has 1 aromatic rings. The fourth-order valence-corrected chi connectivity index (χ4v) is 2.60. The lowest BCUT2D eigenvalue weighted by molar-refractivity contribution is -0.142. The van der Waals surface area contributed by atoms with E-state index in [-0.39, 0.29) is 12.3 Å². The Morgan fingerprint density at radius 1 is 1.36 bits per heavy atom. The Morgan fingerprint density at radius 3 is 2.50 bits per heavy atom. The van der Waals surface area contributed by atoms with Crippen LogP contribution in [-0.4, -0.2) is 40.9 Å². The van der Waals surface area contributed by atoms with Gasteiger partial charge in [-0.1, -0.05) is 12.1 Å². The molecule has 1 aliphatic rings. The highest BCUT2D eigenvalue weighted by atomic mass is 19.1. The quantitative estimate of drug-likeness (QED) is 0.866. The number of hydrogen-bond donors (Lipinski definition) is 2. The molecule has 3 atom stereocenters. The van der Waals surface area contributed by atoms with E-state index in [0.717, 1.165) is 0 Å². The van der Waals surface area contributed by atoms with Crippen LogP contribution in [0.3, 0.4) is 0 Å². The van der Waals surface area contributed by atoms with Crippen molar-refractivity contribution in [1.82, 2.24) is 10.2 Å². The summed E-state index contributed by atoms with van der Waals surface area (Å²) in [5, 5.41) is 11.2. The number of likely N-dealkylation sites (tertiary alicyclic amines) is 1. The lowest BCUT2D eigenvalue weighted by atomic mass is 9.92. The maximum atomic E-state index is 13.0. The molecule has 1 fully saturated rings. The number of nitrogens with zero attached hydrogens (tertiary/aromatic N) is 1. The average molecular weight is 308 g/mol. The number of aliphatic carboxylic acids is 1. The van der Waals surface area contributed by atoms with E-state index in [0.29, 0.717) is 5.56 Å². The van der Waals surface area contributed by atoms with Crippen LogP contribution in [-0.2, 0) is 14.4 Å². The number of carboxylic acid groups (broad SMARTS) is 1. The Morgan fingerprint density at radius 2 is 1.95 bits per heavy atom. The van der Waals surface area contributed by atoms with E-state index >= 15 is 0 Å². The highest BCUT2D eigenvalue weighted by molar-refractivity contribution is 5.92. The lowest BCUT2D eigenvalue weighted by Crippen LogP contribution is -2.43. The summed E-state index contributed by atoms with van der Waals surface area (Å²) in [5.41, 5.74) is 0.637. The molecule has 1 aliphatic heterocycles. The summed E-state index contributed by atoms with van der Waals surface area (Å²) in [6.45, 7) is 1.35. The zero-order valence-electron chi connectivity index (χ0n) is 12.2. The Kier molecular flexibility index (Phi) is 4.44. The highest BCUT2D eigenvalue weighted by Gasteiger charge is 2.43. The van der Waals surface area contributed by atoms with Crippen molar-refractivity contribution < 1.29 is 23.9 Å². The van der Waals surface area contributed by atoms with Crippen molar-refractivity contribution in [2.75, 3.05) is 7.05 Å². The van der Waals surface area contributed by atoms with Crippen molar-refractivity contribution in [3.8, 4) is 0 Å². The Labute approximate surface area is 126 Å². The Hall–Kier alpha value is -2.44. The monoisotopic (exact) mass is 308 g/mol. The average Bonchev–Trinajstić information content (AvgIpc) is 2.76. The summed E-state index contributed by atoms with van der Waals surface area (Å²) in [5.74, 6) is -2.97. The van der Waals surface area contributed by atoms with Gasteiger partial charge >= 0.3 is 5.97 Å². The molecule has 0 saturated carbocycles. The second-order valence-electron chi connectivity index (χ2n) is 5.38. The van der Waals surface area contributed by atoms with E-state index in [1.54, 1.807) is 7.05 Å². The first kappa shape index (κ1) is 15.9. The molecule has 0 radical (unpaired) electrons. The number of nitrogens with one attached hydrogen (secondary N) is 1. The molecule has 0 bridgehead atoms. The minimum Gasteiger partial charge on any atom is -0.480 e. The van der Waals surface area contributed by atoms with Crippen LogP contribution in [0, 0.1) is 11.7 Å². The van der Waals surface area contributed by atoms with Gasteiger partial charge < -0.3 is 15.3 Å². The van der Waals surface area contributed by atoms with Crippen molar-refractivity contribution in [1.29, 1.82) is 0 Å². The zero-order chi connectivity index (χ0) is 16.4. The number of rotatable bonds is 4. The van der Waals surface area contributed by atoms with Crippen LogP contribution < -0.4 is 5.32 Å². The minimum atomic E-state index is -1.15. The van der Waals surface area contributed by atoms with Gasteiger partial charge in [-0.2, -0.15) is 0 Å². The van der Waals surface area contributed by atoms with Gasteiger partial charge in [-0.25, -0.2) is 4.39 Å². The second kappa shape index (κ2) is 6.13. The van der Waals surface area contributed by atoms with E-state index in [2.05, 4.69) is 5.32 Å². The molecule has 3 unspecified atom stereocenters. The summed E-state index contributed by atoms with van der Waals surface area (Å²) in [6.07, 6.45) is -0.00326. The Balaban J connectivity index is 2.25. The van der Waals surface area contributed by atoms with Crippen molar-refractivity contribution in [3.05, 3.63) is 35.6 Å².